The smallest absolute Gasteiger partial charge is 0.347 e. The summed E-state index contributed by atoms with van der Waals surface area (Å²) in [4.78, 5) is 24.0. The molecule has 7 nitrogen and oxygen atoms in total. The van der Waals surface area contributed by atoms with E-state index < -0.39 is 11.6 Å². The third-order valence-electron chi connectivity index (χ3n) is 5.90. The predicted molar refractivity (Wildman–Crippen MR) is 128 cm³/mol. The minimum Gasteiger partial charge on any atom is -0.478 e. The van der Waals surface area contributed by atoms with Crippen molar-refractivity contribution in [3.63, 3.8) is 0 Å². The van der Waals surface area contributed by atoms with E-state index in [9.17, 15) is 14.7 Å². The number of aliphatic carboxylic acids is 1. The van der Waals surface area contributed by atoms with E-state index in [2.05, 4.69) is 31.1 Å². The maximum Gasteiger partial charge on any atom is 0.347 e. The summed E-state index contributed by atoms with van der Waals surface area (Å²) in [6.45, 7) is 10.2. The van der Waals surface area contributed by atoms with Gasteiger partial charge in [0, 0.05) is 13.0 Å². The zero-order valence-corrected chi connectivity index (χ0v) is 20.1. The number of hydrogen-bond donors (Lipinski definition) is 1. The molecule has 0 unspecified atom stereocenters. The van der Waals surface area contributed by atoms with Gasteiger partial charge in [-0.15, -0.1) is 0 Å². The Labute approximate surface area is 194 Å². The number of nitrogens with zero attached hydrogens (tertiary/aromatic N) is 3. The van der Waals surface area contributed by atoms with E-state index >= 15 is 0 Å². The number of carboxylic acid groups (broad SMARTS) is 1. The van der Waals surface area contributed by atoms with Crippen LogP contribution in [0.2, 0.25) is 0 Å². The van der Waals surface area contributed by atoms with Crippen LogP contribution in [0.3, 0.4) is 0 Å². The van der Waals surface area contributed by atoms with Crippen LogP contribution in [0, 0.1) is 13.8 Å². The van der Waals surface area contributed by atoms with Crippen LogP contribution < -0.4 is 10.4 Å². The first-order valence-corrected chi connectivity index (χ1v) is 11.3. The van der Waals surface area contributed by atoms with Crippen molar-refractivity contribution >= 4 is 5.97 Å². The van der Waals surface area contributed by atoms with Crippen molar-refractivity contribution in [1.29, 1.82) is 0 Å². The lowest BCUT2D eigenvalue weighted by Gasteiger charge is -2.21. The number of carboxylic acids is 1. The van der Waals surface area contributed by atoms with Crippen molar-refractivity contribution in [3.05, 3.63) is 81.0 Å². The zero-order chi connectivity index (χ0) is 24.2. The first-order chi connectivity index (χ1) is 15.6. The summed E-state index contributed by atoms with van der Waals surface area (Å²) >= 11 is 0. The monoisotopic (exact) mass is 451 g/mol. The second kappa shape index (κ2) is 10.1. The molecular formula is C26H33N3O4. The highest BCUT2D eigenvalue weighted by Crippen LogP contribution is 2.20. The van der Waals surface area contributed by atoms with E-state index in [0.717, 1.165) is 29.8 Å². The van der Waals surface area contributed by atoms with Gasteiger partial charge in [-0.05, 0) is 81.8 Å². The lowest BCUT2D eigenvalue weighted by atomic mass is 10.1. The quantitative estimate of drug-likeness (QED) is 0.500. The Morgan fingerprint density at radius 3 is 2.30 bits per heavy atom. The van der Waals surface area contributed by atoms with Gasteiger partial charge in [0.25, 0.3) is 0 Å². The molecule has 33 heavy (non-hydrogen) atoms. The summed E-state index contributed by atoms with van der Waals surface area (Å²) < 4.78 is 8.85. The van der Waals surface area contributed by atoms with E-state index in [4.69, 9.17) is 4.74 Å². The Kier molecular flexibility index (Phi) is 7.41. The van der Waals surface area contributed by atoms with E-state index in [1.807, 2.05) is 25.1 Å². The van der Waals surface area contributed by atoms with Crippen LogP contribution in [0.1, 0.15) is 55.3 Å². The van der Waals surface area contributed by atoms with Crippen LogP contribution in [-0.4, -0.2) is 31.0 Å². The lowest BCUT2D eigenvalue weighted by molar-refractivity contribution is -0.152. The zero-order valence-electron chi connectivity index (χ0n) is 20.1. The molecule has 0 aliphatic carbocycles. The first kappa shape index (κ1) is 24.3. The summed E-state index contributed by atoms with van der Waals surface area (Å²) in [6, 6.07) is 13.7. The Hall–Kier alpha value is -3.35. The van der Waals surface area contributed by atoms with Crippen LogP contribution in [0.25, 0.3) is 0 Å². The van der Waals surface area contributed by atoms with Gasteiger partial charge >= 0.3 is 11.7 Å². The van der Waals surface area contributed by atoms with Crippen LogP contribution in [0.15, 0.2) is 47.3 Å². The molecule has 0 radical (unpaired) electrons. The van der Waals surface area contributed by atoms with Crippen LogP contribution in [0.5, 0.6) is 5.75 Å². The second-order valence-electron chi connectivity index (χ2n) is 8.93. The van der Waals surface area contributed by atoms with Crippen molar-refractivity contribution in [2.45, 2.75) is 72.6 Å². The van der Waals surface area contributed by atoms with Crippen LogP contribution in [0.4, 0.5) is 0 Å². The molecule has 1 heterocycles. The van der Waals surface area contributed by atoms with Crippen molar-refractivity contribution in [1.82, 2.24) is 14.3 Å². The van der Waals surface area contributed by atoms with Crippen molar-refractivity contribution in [3.8, 4) is 5.75 Å². The van der Waals surface area contributed by atoms with Gasteiger partial charge in [-0.3, -0.25) is 4.57 Å². The molecule has 7 heteroatoms. The molecule has 3 aromatic rings. The Morgan fingerprint density at radius 2 is 1.70 bits per heavy atom. The van der Waals surface area contributed by atoms with Gasteiger partial charge in [0.15, 0.2) is 5.60 Å². The third-order valence-corrected chi connectivity index (χ3v) is 5.90. The number of hydrogen-bond acceptors (Lipinski definition) is 4. The standard InChI is InChI=1S/C26H33N3O4/c1-6-28-23(27-29(25(28)32)17-21-11-10-18(2)19(3)16-21)9-7-8-20-12-14-22(15-13-20)33-26(4,5)24(30)31/h10-16H,6-9,17H2,1-5H3,(H,30,31). The molecule has 0 atom stereocenters. The highest BCUT2D eigenvalue weighted by Gasteiger charge is 2.29. The van der Waals surface area contributed by atoms with E-state index in [0.29, 0.717) is 25.3 Å². The van der Waals surface area contributed by atoms with Gasteiger partial charge in [-0.25, -0.2) is 14.3 Å². The molecule has 1 N–H and O–H groups in total. The topological polar surface area (TPSA) is 86.3 Å². The molecule has 0 bridgehead atoms. The fraction of sp³-hybridized carbons (Fsp3) is 0.423. The molecule has 0 saturated heterocycles. The van der Waals surface area contributed by atoms with Gasteiger partial charge < -0.3 is 9.84 Å². The van der Waals surface area contributed by atoms with E-state index in [-0.39, 0.29) is 5.69 Å². The maximum absolute atomic E-state index is 12.8. The van der Waals surface area contributed by atoms with E-state index in [1.54, 1.807) is 21.4 Å². The number of benzene rings is 2. The Bertz CT molecular complexity index is 1170. The third kappa shape index (κ3) is 5.92. The fourth-order valence-corrected chi connectivity index (χ4v) is 3.68. The van der Waals surface area contributed by atoms with Crippen molar-refractivity contribution in [2.24, 2.45) is 0 Å². The van der Waals surface area contributed by atoms with E-state index in [1.165, 1.54) is 25.0 Å². The van der Waals surface area contributed by atoms with Gasteiger partial charge in [0.1, 0.15) is 11.6 Å². The first-order valence-electron chi connectivity index (χ1n) is 11.3. The molecule has 0 amide bonds. The molecule has 0 fully saturated rings. The normalized spacial score (nSPS) is 11.5. The summed E-state index contributed by atoms with van der Waals surface area (Å²) in [5.41, 5.74) is 3.28. The summed E-state index contributed by atoms with van der Waals surface area (Å²) in [5, 5.41) is 13.8. The average molecular weight is 452 g/mol. The van der Waals surface area contributed by atoms with Gasteiger partial charge in [0.05, 0.1) is 6.54 Å². The molecule has 0 aliphatic heterocycles. The molecule has 176 valence electrons. The molecule has 2 aromatic carbocycles. The summed E-state index contributed by atoms with van der Waals surface area (Å²) in [7, 11) is 0. The van der Waals surface area contributed by atoms with Crippen molar-refractivity contribution in [2.75, 3.05) is 0 Å². The Morgan fingerprint density at radius 1 is 1.03 bits per heavy atom. The molecule has 0 spiro atoms. The minimum atomic E-state index is -1.28. The second-order valence-corrected chi connectivity index (χ2v) is 8.93. The van der Waals surface area contributed by atoms with Crippen LogP contribution >= 0.6 is 0 Å². The highest BCUT2D eigenvalue weighted by molar-refractivity contribution is 5.76. The largest absolute Gasteiger partial charge is 0.478 e. The summed E-state index contributed by atoms with van der Waals surface area (Å²) in [6.07, 6.45) is 2.37. The number of ether oxygens (including phenoxy) is 1. The molecule has 3 rings (SSSR count). The lowest BCUT2D eigenvalue weighted by Crippen LogP contribution is -2.37. The molecular weight excluding hydrogens is 418 g/mol. The Balaban J connectivity index is 1.63. The maximum atomic E-state index is 12.8. The summed E-state index contributed by atoms with van der Waals surface area (Å²) in [5.74, 6) is 0.316. The molecule has 1 aromatic heterocycles. The highest BCUT2D eigenvalue weighted by atomic mass is 16.5. The fourth-order valence-electron chi connectivity index (χ4n) is 3.68. The molecule has 0 saturated carbocycles. The molecule has 0 aliphatic rings. The van der Waals surface area contributed by atoms with Gasteiger partial charge in [-0.2, -0.15) is 5.10 Å². The average Bonchev–Trinajstić information content (AvgIpc) is 3.06. The van der Waals surface area contributed by atoms with Gasteiger partial charge in [0.2, 0.25) is 0 Å². The van der Waals surface area contributed by atoms with Crippen LogP contribution in [-0.2, 0) is 30.7 Å². The number of carbonyl (C=O) groups is 1. The van der Waals surface area contributed by atoms with Gasteiger partial charge in [-0.1, -0.05) is 30.3 Å². The minimum absolute atomic E-state index is 0.0757. The predicted octanol–water partition coefficient (Wildman–Crippen LogP) is 4.15. The SMILES string of the molecule is CCn1c(CCCc2ccc(OC(C)(C)C(=O)O)cc2)nn(Cc2ccc(C)c(C)c2)c1=O. The number of aryl methyl sites for hydroxylation is 4. The van der Waals surface area contributed by atoms with Crippen molar-refractivity contribution < 1.29 is 14.6 Å². The number of rotatable bonds is 10. The number of aromatic nitrogens is 3.